The predicted octanol–water partition coefficient (Wildman–Crippen LogP) is 6.08. The summed E-state index contributed by atoms with van der Waals surface area (Å²) in [6.07, 6.45) is 1.46. The Labute approximate surface area is 303 Å². The highest BCUT2D eigenvalue weighted by Crippen LogP contribution is 2.33. The van der Waals surface area contributed by atoms with Crippen LogP contribution >= 0.6 is 31.9 Å². The van der Waals surface area contributed by atoms with E-state index in [9.17, 15) is 30.3 Å². The van der Waals surface area contributed by atoms with E-state index < -0.39 is 24.7 Å². The highest BCUT2D eigenvalue weighted by molar-refractivity contribution is 9.10. The number of nitrogens with one attached hydrogen (secondary N) is 1. The van der Waals surface area contributed by atoms with Crippen molar-refractivity contribution in [2.45, 2.75) is 52.0 Å². The van der Waals surface area contributed by atoms with Gasteiger partial charge >= 0.3 is 5.97 Å². The summed E-state index contributed by atoms with van der Waals surface area (Å²) >= 11 is 7.18. The Morgan fingerprint density at radius 1 is 0.755 bits per heavy atom. The van der Waals surface area contributed by atoms with Crippen LogP contribution in [0.3, 0.4) is 0 Å². The minimum Gasteiger partial charge on any atom is -0.488 e. The van der Waals surface area contributed by atoms with Gasteiger partial charge in [0, 0.05) is 25.7 Å². The van der Waals surface area contributed by atoms with Crippen molar-refractivity contribution in [2.75, 3.05) is 26.4 Å². The molecule has 262 valence electrons. The summed E-state index contributed by atoms with van der Waals surface area (Å²) in [6.45, 7) is 3.49. The summed E-state index contributed by atoms with van der Waals surface area (Å²) in [4.78, 5) is 11.5. The summed E-state index contributed by atoms with van der Waals surface area (Å²) in [5.74, 6) is -0.0849. The Balaban J connectivity index is 1.42. The Hall–Kier alpha value is -3.29. The fourth-order valence-electron chi connectivity index (χ4n) is 5.42. The average molecular weight is 802 g/mol. The molecule has 0 aliphatic rings. The van der Waals surface area contributed by atoms with Gasteiger partial charge in [-0.05, 0) is 127 Å². The molecule has 0 unspecified atom stereocenters. The average Bonchev–Trinajstić information content (AvgIpc) is 3.09. The molecule has 4 aromatic carbocycles. The summed E-state index contributed by atoms with van der Waals surface area (Å²) < 4.78 is 14.0. The van der Waals surface area contributed by atoms with Crippen molar-refractivity contribution >= 4 is 37.8 Å². The monoisotopic (exact) mass is 799 g/mol. The number of carboxylic acid groups (broad SMARTS) is 1. The number of hydrogen-bond acceptors (Lipinski definition) is 8. The number of hydrogen-bond donors (Lipinski definition) is 6. The minimum absolute atomic E-state index is 0.0264. The zero-order valence-corrected chi connectivity index (χ0v) is 30.8. The lowest BCUT2D eigenvalue weighted by atomic mass is 9.92. The standard InChI is InChI=1S/C38H43Br2NO8/c1-24-29(20-48-35-13-11-26(15-33(35)39)9-10-28(18-42)19-43)5-3-7-31(24)32-8-4-6-30(25(32)2)21-49-36-14-12-27(16-34(36)40)17-41-38(22-44,23-45)37(46)47/h3-8,11-16,28,41-45H,9-10,17-23H2,1-2H3,(H,46,47). The molecule has 0 amide bonds. The number of carbonyl (C=O) groups is 1. The summed E-state index contributed by atoms with van der Waals surface area (Å²) in [5, 5.41) is 49.9. The molecule has 0 aliphatic heterocycles. The maximum Gasteiger partial charge on any atom is 0.328 e. The smallest absolute Gasteiger partial charge is 0.328 e. The maximum absolute atomic E-state index is 11.5. The van der Waals surface area contributed by atoms with E-state index in [2.05, 4.69) is 69.2 Å². The van der Waals surface area contributed by atoms with Crippen LogP contribution in [0.4, 0.5) is 0 Å². The zero-order valence-electron chi connectivity index (χ0n) is 27.6. The van der Waals surface area contributed by atoms with Crippen LogP contribution < -0.4 is 14.8 Å². The quantitative estimate of drug-likeness (QED) is 0.0704. The van der Waals surface area contributed by atoms with Crippen LogP contribution in [0.2, 0.25) is 0 Å². The number of benzene rings is 4. The van der Waals surface area contributed by atoms with Crippen molar-refractivity contribution in [3.63, 3.8) is 0 Å². The SMILES string of the molecule is Cc1c(COc2ccc(CCC(CO)CO)cc2Br)cccc1-c1cccc(COc2ccc(CNC(CO)(CO)C(=O)O)cc2Br)c1C. The first-order valence-corrected chi connectivity index (χ1v) is 17.6. The van der Waals surface area contributed by atoms with E-state index in [0.717, 1.165) is 61.2 Å². The predicted molar refractivity (Wildman–Crippen MR) is 196 cm³/mol. The minimum atomic E-state index is -1.83. The molecule has 11 heteroatoms. The summed E-state index contributed by atoms with van der Waals surface area (Å²) in [5.41, 5.74) is 6.56. The van der Waals surface area contributed by atoms with Crippen molar-refractivity contribution in [1.29, 1.82) is 0 Å². The number of aryl methyl sites for hydroxylation is 1. The van der Waals surface area contributed by atoms with Crippen LogP contribution in [-0.2, 0) is 31.0 Å². The van der Waals surface area contributed by atoms with E-state index in [1.807, 2.05) is 42.5 Å². The zero-order chi connectivity index (χ0) is 35.6. The van der Waals surface area contributed by atoms with Gasteiger partial charge in [0.05, 0.1) is 22.2 Å². The fourth-order valence-corrected chi connectivity index (χ4v) is 6.50. The first kappa shape index (κ1) is 38.5. The van der Waals surface area contributed by atoms with Crippen LogP contribution in [0.5, 0.6) is 11.5 Å². The van der Waals surface area contributed by atoms with Gasteiger partial charge in [0.15, 0.2) is 5.54 Å². The second kappa shape index (κ2) is 18.1. The van der Waals surface area contributed by atoms with Gasteiger partial charge < -0.3 is 35.0 Å². The third-order valence-corrected chi connectivity index (χ3v) is 10.1. The van der Waals surface area contributed by atoms with Gasteiger partial charge in [0.1, 0.15) is 24.7 Å². The van der Waals surface area contributed by atoms with E-state index in [0.29, 0.717) is 29.9 Å². The lowest BCUT2D eigenvalue weighted by Crippen LogP contribution is -2.57. The normalized spacial score (nSPS) is 11.6. The molecule has 0 saturated carbocycles. The van der Waals surface area contributed by atoms with Gasteiger partial charge in [0.2, 0.25) is 0 Å². The van der Waals surface area contributed by atoms with Crippen LogP contribution in [0.1, 0.15) is 39.8 Å². The first-order valence-electron chi connectivity index (χ1n) is 16.0. The molecular formula is C38H43Br2NO8. The van der Waals surface area contributed by atoms with E-state index in [1.165, 1.54) is 0 Å². The lowest BCUT2D eigenvalue weighted by Gasteiger charge is -2.26. The van der Waals surface area contributed by atoms with Crippen molar-refractivity contribution < 1.29 is 39.8 Å². The van der Waals surface area contributed by atoms with Crippen molar-refractivity contribution in [3.05, 3.63) is 115 Å². The van der Waals surface area contributed by atoms with Gasteiger partial charge in [0.25, 0.3) is 0 Å². The molecule has 6 N–H and O–H groups in total. The second-order valence-corrected chi connectivity index (χ2v) is 13.8. The second-order valence-electron chi connectivity index (χ2n) is 12.1. The van der Waals surface area contributed by atoms with E-state index in [4.69, 9.17) is 9.47 Å². The summed E-state index contributed by atoms with van der Waals surface area (Å²) in [6, 6.07) is 23.8. The molecule has 0 heterocycles. The molecule has 0 bridgehead atoms. The highest BCUT2D eigenvalue weighted by Gasteiger charge is 2.37. The van der Waals surface area contributed by atoms with Crippen LogP contribution in [0.25, 0.3) is 11.1 Å². The number of aliphatic carboxylic acids is 1. The van der Waals surface area contributed by atoms with Gasteiger partial charge in [-0.25, -0.2) is 0 Å². The number of halogens is 2. The Bertz CT molecular complexity index is 1720. The number of carboxylic acids is 1. The molecule has 9 nitrogen and oxygen atoms in total. The molecule has 49 heavy (non-hydrogen) atoms. The van der Waals surface area contributed by atoms with Gasteiger partial charge in [-0.2, -0.15) is 0 Å². The van der Waals surface area contributed by atoms with Gasteiger partial charge in [-0.15, -0.1) is 0 Å². The number of ether oxygens (including phenoxy) is 2. The molecule has 4 rings (SSSR count). The molecule has 0 fully saturated rings. The van der Waals surface area contributed by atoms with Crippen LogP contribution in [0, 0.1) is 19.8 Å². The molecule has 4 aromatic rings. The van der Waals surface area contributed by atoms with Gasteiger partial charge in [-0.1, -0.05) is 48.5 Å². The van der Waals surface area contributed by atoms with Crippen LogP contribution in [-0.4, -0.2) is 63.5 Å². The van der Waals surface area contributed by atoms with Gasteiger partial charge in [-0.3, -0.25) is 10.1 Å². The molecule has 0 aliphatic carbocycles. The Morgan fingerprint density at radius 3 is 1.69 bits per heavy atom. The topological polar surface area (TPSA) is 149 Å². The van der Waals surface area contributed by atoms with Crippen molar-refractivity contribution in [2.24, 2.45) is 5.92 Å². The van der Waals surface area contributed by atoms with Crippen LogP contribution in [0.15, 0.2) is 81.7 Å². The molecular weight excluding hydrogens is 758 g/mol. The number of aliphatic hydroxyl groups is 4. The molecule has 0 aromatic heterocycles. The first-order chi connectivity index (χ1) is 23.5. The highest BCUT2D eigenvalue weighted by atomic mass is 79.9. The largest absolute Gasteiger partial charge is 0.488 e. The number of rotatable bonds is 18. The Kier molecular flexibility index (Phi) is 14.2. The van der Waals surface area contributed by atoms with E-state index in [1.54, 1.807) is 12.1 Å². The van der Waals surface area contributed by atoms with E-state index in [-0.39, 0.29) is 25.7 Å². The lowest BCUT2D eigenvalue weighted by molar-refractivity contribution is -0.149. The summed E-state index contributed by atoms with van der Waals surface area (Å²) in [7, 11) is 0. The Morgan fingerprint density at radius 2 is 1.24 bits per heavy atom. The molecule has 0 atom stereocenters. The number of aliphatic hydroxyl groups excluding tert-OH is 4. The molecule has 0 radical (unpaired) electrons. The van der Waals surface area contributed by atoms with Crippen molar-refractivity contribution in [3.8, 4) is 22.6 Å². The maximum atomic E-state index is 11.5. The van der Waals surface area contributed by atoms with E-state index >= 15 is 0 Å². The molecule has 0 saturated heterocycles. The third kappa shape index (κ3) is 9.70. The van der Waals surface area contributed by atoms with Crippen molar-refractivity contribution in [1.82, 2.24) is 5.32 Å². The molecule has 0 spiro atoms. The third-order valence-electron chi connectivity index (χ3n) is 8.88. The fraction of sp³-hybridized carbons (Fsp3) is 0.342.